The van der Waals surface area contributed by atoms with Crippen molar-refractivity contribution in [1.82, 2.24) is 0 Å². The van der Waals surface area contributed by atoms with Gasteiger partial charge in [-0.1, -0.05) is 53.2 Å². The Balaban J connectivity index is 1.34. The predicted molar refractivity (Wildman–Crippen MR) is 168 cm³/mol. The first kappa shape index (κ1) is 34.7. The summed E-state index contributed by atoms with van der Waals surface area (Å²) in [7, 11) is 0. The Bertz CT molecular complexity index is 1240. The van der Waals surface area contributed by atoms with Crippen molar-refractivity contribution in [2.45, 2.75) is 142 Å². The molecule has 10 nitrogen and oxygen atoms in total. The first-order valence-corrected chi connectivity index (χ1v) is 17.5. The van der Waals surface area contributed by atoms with E-state index >= 15 is 0 Å². The van der Waals surface area contributed by atoms with Gasteiger partial charge in [-0.15, -0.1) is 0 Å². The first-order chi connectivity index (χ1) is 21.3. The molecule has 1 saturated heterocycles. The van der Waals surface area contributed by atoms with Crippen molar-refractivity contribution >= 4 is 5.97 Å². The summed E-state index contributed by atoms with van der Waals surface area (Å²) in [6.07, 6.45) is 0.0131. The topological polar surface area (TPSA) is 177 Å². The van der Waals surface area contributed by atoms with E-state index in [1.807, 2.05) is 6.92 Å². The van der Waals surface area contributed by atoms with E-state index in [1.54, 1.807) is 0 Å². The molecule has 0 aromatic heterocycles. The Morgan fingerprint density at radius 1 is 0.891 bits per heavy atom. The van der Waals surface area contributed by atoms with Crippen molar-refractivity contribution in [3.63, 3.8) is 0 Å². The molecule has 262 valence electrons. The van der Waals surface area contributed by atoms with Crippen LogP contribution in [0.3, 0.4) is 0 Å². The molecular formula is C36H58O10. The van der Waals surface area contributed by atoms with Gasteiger partial charge in [0.1, 0.15) is 24.4 Å². The second kappa shape index (κ2) is 11.2. The summed E-state index contributed by atoms with van der Waals surface area (Å²) >= 11 is 0. The van der Waals surface area contributed by atoms with Crippen LogP contribution in [0.2, 0.25) is 0 Å². The maximum absolute atomic E-state index is 13.0. The lowest BCUT2D eigenvalue weighted by atomic mass is 9.33. The van der Waals surface area contributed by atoms with Crippen LogP contribution in [-0.2, 0) is 14.3 Å². The summed E-state index contributed by atoms with van der Waals surface area (Å²) < 4.78 is 11.9. The van der Waals surface area contributed by atoms with E-state index in [9.17, 15) is 40.5 Å². The van der Waals surface area contributed by atoms with Crippen LogP contribution in [0.15, 0.2) is 11.6 Å². The number of aliphatic carboxylic acids is 1. The lowest BCUT2D eigenvalue weighted by molar-refractivity contribution is -0.345. The zero-order chi connectivity index (χ0) is 33.8. The van der Waals surface area contributed by atoms with Crippen LogP contribution in [0.4, 0.5) is 0 Å². The Morgan fingerprint density at radius 3 is 2.20 bits per heavy atom. The third-order valence-corrected chi connectivity index (χ3v) is 15.2. The molecule has 5 aliphatic carbocycles. The highest BCUT2D eigenvalue weighted by atomic mass is 16.7. The highest BCUT2D eigenvalue weighted by Crippen LogP contribution is 2.76. The van der Waals surface area contributed by atoms with Gasteiger partial charge in [0.2, 0.25) is 0 Å². The maximum atomic E-state index is 13.0. The third kappa shape index (κ3) is 4.60. The molecule has 46 heavy (non-hydrogen) atoms. The summed E-state index contributed by atoms with van der Waals surface area (Å²) in [5.74, 6) is -0.518. The van der Waals surface area contributed by atoms with Crippen LogP contribution in [-0.4, -0.2) is 97.8 Å². The largest absolute Gasteiger partial charge is 0.481 e. The average molecular weight is 651 g/mol. The summed E-state index contributed by atoms with van der Waals surface area (Å²) in [4.78, 5) is 13.0. The molecule has 5 fully saturated rings. The first-order valence-electron chi connectivity index (χ1n) is 17.5. The number of fused-ring (bicyclic) bond motifs is 7. The Labute approximate surface area is 273 Å². The molecule has 0 amide bonds. The molecule has 0 unspecified atom stereocenters. The molecular weight excluding hydrogens is 592 g/mol. The minimum atomic E-state index is -1.60. The molecule has 6 rings (SSSR count). The quantitative estimate of drug-likeness (QED) is 0.173. The number of hydrogen-bond acceptors (Lipinski definition) is 9. The molecule has 4 saturated carbocycles. The van der Waals surface area contributed by atoms with Gasteiger partial charge >= 0.3 is 5.97 Å². The van der Waals surface area contributed by atoms with Crippen molar-refractivity contribution in [1.29, 1.82) is 0 Å². The molecule has 15 atom stereocenters. The Kier molecular flexibility index (Phi) is 8.46. The van der Waals surface area contributed by atoms with Gasteiger partial charge in [-0.2, -0.15) is 0 Å². The smallest absolute Gasteiger partial charge is 0.310 e. The van der Waals surface area contributed by atoms with Gasteiger partial charge in [0, 0.05) is 5.41 Å². The molecule has 7 N–H and O–H groups in total. The van der Waals surface area contributed by atoms with E-state index in [0.717, 1.165) is 38.5 Å². The van der Waals surface area contributed by atoms with Crippen LogP contribution in [0.1, 0.15) is 99.3 Å². The van der Waals surface area contributed by atoms with E-state index in [1.165, 1.54) is 5.57 Å². The standard InChI is InChI=1S/C36H58O10/c1-31(2)11-13-36(30(43)44)14-12-34(5)19(20(36)15-31)7-8-24-32(3)16-21(39)28(33(4,18-38)23(32)9-10-35(24,34)6)46-29-27(42)26(41)25(40)22(17-37)45-29/h7,20-29,37-42H,8-18H2,1-6H3,(H,43,44)/t20-,21+,22+,23+,24+,25+,26-,27+,28-,29-,32-,33-,34+,35+,36-/m0/s1. The summed E-state index contributed by atoms with van der Waals surface area (Å²) in [6, 6.07) is 0. The number of hydrogen-bond donors (Lipinski definition) is 7. The van der Waals surface area contributed by atoms with Crippen molar-refractivity contribution in [2.24, 2.45) is 50.2 Å². The van der Waals surface area contributed by atoms with Crippen molar-refractivity contribution in [3.8, 4) is 0 Å². The third-order valence-electron chi connectivity index (χ3n) is 15.2. The van der Waals surface area contributed by atoms with Crippen LogP contribution in [0.25, 0.3) is 0 Å². The lowest BCUT2D eigenvalue weighted by Gasteiger charge is -2.71. The second-order valence-electron chi connectivity index (χ2n) is 17.9. The van der Waals surface area contributed by atoms with Crippen LogP contribution in [0, 0.1) is 50.2 Å². The van der Waals surface area contributed by atoms with Gasteiger partial charge in [0.05, 0.1) is 30.8 Å². The lowest BCUT2D eigenvalue weighted by Crippen LogP contribution is -2.69. The van der Waals surface area contributed by atoms with E-state index in [2.05, 4.69) is 40.7 Å². The number of carbonyl (C=O) groups is 1. The summed E-state index contributed by atoms with van der Waals surface area (Å²) in [5.41, 5.74) is -0.930. The van der Waals surface area contributed by atoms with Gasteiger partial charge in [0.25, 0.3) is 0 Å². The predicted octanol–water partition coefficient (Wildman–Crippen LogP) is 3.00. The highest BCUT2D eigenvalue weighted by molar-refractivity contribution is 5.76. The monoisotopic (exact) mass is 650 g/mol. The number of carboxylic acid groups (broad SMARTS) is 1. The van der Waals surface area contributed by atoms with Crippen molar-refractivity contribution < 1.29 is 50.0 Å². The molecule has 10 heteroatoms. The van der Waals surface area contributed by atoms with Gasteiger partial charge in [-0.05, 0) is 97.2 Å². The molecule has 0 spiro atoms. The van der Waals surface area contributed by atoms with Gasteiger partial charge < -0.3 is 45.2 Å². The number of carboxylic acids is 1. The fourth-order valence-corrected chi connectivity index (χ4v) is 12.3. The van der Waals surface area contributed by atoms with Gasteiger partial charge in [0.15, 0.2) is 6.29 Å². The van der Waals surface area contributed by atoms with Crippen LogP contribution in [0.5, 0.6) is 0 Å². The molecule has 0 aromatic rings. The van der Waals surface area contributed by atoms with Crippen molar-refractivity contribution in [3.05, 3.63) is 11.6 Å². The fourth-order valence-electron chi connectivity index (χ4n) is 12.3. The van der Waals surface area contributed by atoms with Gasteiger partial charge in [-0.3, -0.25) is 4.79 Å². The molecule has 0 bridgehead atoms. The van der Waals surface area contributed by atoms with E-state index in [4.69, 9.17) is 9.47 Å². The van der Waals surface area contributed by atoms with Gasteiger partial charge in [-0.25, -0.2) is 0 Å². The number of aliphatic hydroxyl groups is 6. The fraction of sp³-hybridized carbons (Fsp3) is 0.917. The number of aliphatic hydroxyl groups excluding tert-OH is 6. The SMILES string of the molecule is CC1(C)CC[C@]2(C(=O)O)CC[C@]3(C)C(=CC[C@@H]4[C@@]5(C)C[C@@H](O)[C@H](O[C@@H]6O[C@H](CO)[C@@H](O)[C@H](O)[C@H]6O)[C@@](C)(CO)[C@@H]5CC[C@]43C)[C@@H]2C1. The normalized spacial score (nSPS) is 54.8. The molecule has 0 aromatic carbocycles. The number of rotatable bonds is 5. The number of allylic oxidation sites excluding steroid dienone is 2. The minimum Gasteiger partial charge on any atom is -0.481 e. The molecule has 1 aliphatic heterocycles. The molecule has 0 radical (unpaired) electrons. The summed E-state index contributed by atoms with van der Waals surface area (Å²) in [5, 5.41) is 74.6. The minimum absolute atomic E-state index is 0.00627. The second-order valence-corrected chi connectivity index (χ2v) is 17.9. The molecule has 1 heterocycles. The zero-order valence-corrected chi connectivity index (χ0v) is 28.5. The van der Waals surface area contributed by atoms with Crippen LogP contribution < -0.4 is 0 Å². The van der Waals surface area contributed by atoms with E-state index in [-0.39, 0.29) is 46.0 Å². The number of ether oxygens (including phenoxy) is 2. The summed E-state index contributed by atoms with van der Waals surface area (Å²) in [6.45, 7) is 12.6. The Hall–Kier alpha value is -1.11. The maximum Gasteiger partial charge on any atom is 0.310 e. The van der Waals surface area contributed by atoms with E-state index < -0.39 is 66.3 Å². The van der Waals surface area contributed by atoms with Crippen molar-refractivity contribution in [2.75, 3.05) is 13.2 Å². The molecule has 6 aliphatic rings. The average Bonchev–Trinajstić information content (AvgIpc) is 2.98. The zero-order valence-electron chi connectivity index (χ0n) is 28.5. The Morgan fingerprint density at radius 2 is 1.57 bits per heavy atom. The van der Waals surface area contributed by atoms with Crippen LogP contribution >= 0.6 is 0 Å². The van der Waals surface area contributed by atoms with E-state index in [0.29, 0.717) is 19.3 Å². The highest BCUT2D eigenvalue weighted by Gasteiger charge is 2.71.